The van der Waals surface area contributed by atoms with Crippen LogP contribution in [0.3, 0.4) is 0 Å². The van der Waals surface area contributed by atoms with Crippen molar-refractivity contribution in [2.24, 2.45) is 5.92 Å². The maximum absolute atomic E-state index is 13.0. The minimum Gasteiger partial charge on any atom is -0.489 e. The molecular formula is C35H35NO5. The fourth-order valence-electron chi connectivity index (χ4n) is 5.49. The first-order valence-corrected chi connectivity index (χ1v) is 14.4. The molecule has 0 aromatic heterocycles. The van der Waals surface area contributed by atoms with Gasteiger partial charge in [0, 0.05) is 18.7 Å². The molecule has 41 heavy (non-hydrogen) atoms. The van der Waals surface area contributed by atoms with Gasteiger partial charge in [-0.3, -0.25) is 4.79 Å². The molecule has 0 unspecified atom stereocenters. The van der Waals surface area contributed by atoms with Crippen molar-refractivity contribution in [3.63, 3.8) is 0 Å². The van der Waals surface area contributed by atoms with Crippen LogP contribution in [0.2, 0.25) is 0 Å². The number of ether oxygens (including phenoxy) is 4. The summed E-state index contributed by atoms with van der Waals surface area (Å²) in [5.74, 6) is 3.80. The smallest absolute Gasteiger partial charge is 0.260 e. The first-order valence-electron chi connectivity index (χ1n) is 14.4. The van der Waals surface area contributed by atoms with Gasteiger partial charge in [-0.05, 0) is 78.6 Å². The van der Waals surface area contributed by atoms with Crippen molar-refractivity contribution < 1.29 is 23.7 Å². The van der Waals surface area contributed by atoms with Crippen molar-refractivity contribution in [2.75, 3.05) is 26.5 Å². The molecule has 6 nitrogen and oxygen atoms in total. The van der Waals surface area contributed by atoms with E-state index in [-0.39, 0.29) is 12.5 Å². The lowest BCUT2D eigenvalue weighted by Crippen LogP contribution is -2.41. The molecule has 210 valence electrons. The predicted octanol–water partition coefficient (Wildman–Crippen LogP) is 6.91. The molecule has 4 aromatic carbocycles. The van der Waals surface area contributed by atoms with Crippen molar-refractivity contribution in [1.82, 2.24) is 4.90 Å². The van der Waals surface area contributed by atoms with Crippen LogP contribution >= 0.6 is 0 Å². The minimum atomic E-state index is 0.0308. The Morgan fingerprint density at radius 3 is 2.46 bits per heavy atom. The summed E-state index contributed by atoms with van der Waals surface area (Å²) < 4.78 is 23.0. The Hall–Kier alpha value is -4.45. The predicted molar refractivity (Wildman–Crippen MR) is 158 cm³/mol. The van der Waals surface area contributed by atoms with Crippen LogP contribution in [0.15, 0.2) is 97.1 Å². The molecule has 0 N–H and O–H groups in total. The van der Waals surface area contributed by atoms with E-state index >= 15 is 0 Å². The SMILES string of the molecule is O=C(COc1ccccc1-c1cccc(OCc2ccccc2)c1)N1CCC(CCc2ccc3c(c2)OCO3)CC1. The summed E-state index contributed by atoms with van der Waals surface area (Å²) in [5, 5.41) is 0. The fraction of sp³-hybridized carbons (Fsp3) is 0.286. The van der Waals surface area contributed by atoms with Crippen LogP contribution in [0, 0.1) is 5.92 Å². The van der Waals surface area contributed by atoms with Crippen LogP contribution in [0.5, 0.6) is 23.0 Å². The number of nitrogens with zero attached hydrogens (tertiary/aromatic N) is 1. The molecule has 2 aliphatic rings. The van der Waals surface area contributed by atoms with E-state index in [0.717, 1.165) is 72.7 Å². The third-order valence-electron chi connectivity index (χ3n) is 7.88. The Kier molecular flexibility index (Phi) is 8.36. The number of fused-ring (bicyclic) bond motifs is 1. The summed E-state index contributed by atoms with van der Waals surface area (Å²) >= 11 is 0. The highest BCUT2D eigenvalue weighted by Crippen LogP contribution is 2.34. The molecule has 6 heteroatoms. The lowest BCUT2D eigenvalue weighted by Gasteiger charge is -2.32. The molecule has 2 heterocycles. The molecule has 0 spiro atoms. The molecule has 0 aliphatic carbocycles. The molecule has 0 bridgehead atoms. The maximum atomic E-state index is 13.0. The van der Waals surface area contributed by atoms with Gasteiger partial charge in [0.15, 0.2) is 18.1 Å². The Labute approximate surface area is 241 Å². The van der Waals surface area contributed by atoms with Crippen LogP contribution in [0.4, 0.5) is 0 Å². The average Bonchev–Trinajstić information content (AvgIpc) is 3.51. The number of rotatable bonds is 10. The van der Waals surface area contributed by atoms with Gasteiger partial charge >= 0.3 is 0 Å². The number of piperidine rings is 1. The molecular weight excluding hydrogens is 514 g/mol. The standard InChI is InChI=1S/C35H35NO5/c37-35(36-19-17-26(18-20-36)13-14-27-15-16-33-34(21-27)41-25-40-33)24-39-32-12-5-4-11-31(32)29-9-6-10-30(22-29)38-23-28-7-2-1-3-8-28/h1-12,15-16,21-22,26H,13-14,17-20,23-25H2. The van der Waals surface area contributed by atoms with Crippen molar-refractivity contribution >= 4 is 5.91 Å². The topological polar surface area (TPSA) is 57.2 Å². The fourth-order valence-corrected chi connectivity index (χ4v) is 5.49. The van der Waals surface area contributed by atoms with E-state index in [2.05, 4.69) is 12.1 Å². The van der Waals surface area contributed by atoms with Crippen molar-refractivity contribution in [2.45, 2.75) is 32.3 Å². The molecule has 6 rings (SSSR count). The van der Waals surface area contributed by atoms with E-state index in [0.29, 0.717) is 25.1 Å². The van der Waals surface area contributed by atoms with Crippen LogP contribution in [0.1, 0.15) is 30.4 Å². The Balaban J connectivity index is 0.993. The van der Waals surface area contributed by atoms with Crippen molar-refractivity contribution in [3.05, 3.63) is 108 Å². The van der Waals surface area contributed by atoms with Gasteiger partial charge in [-0.2, -0.15) is 0 Å². The van der Waals surface area contributed by atoms with Crippen molar-refractivity contribution in [3.8, 4) is 34.1 Å². The largest absolute Gasteiger partial charge is 0.489 e. The van der Waals surface area contributed by atoms with Gasteiger partial charge in [-0.15, -0.1) is 0 Å². The Morgan fingerprint density at radius 1 is 0.780 bits per heavy atom. The van der Waals surface area contributed by atoms with Gasteiger partial charge in [0.05, 0.1) is 0 Å². The molecule has 0 atom stereocenters. The summed E-state index contributed by atoms with van der Waals surface area (Å²) in [7, 11) is 0. The van der Waals surface area contributed by atoms with Crippen LogP contribution < -0.4 is 18.9 Å². The summed E-state index contributed by atoms with van der Waals surface area (Å²) in [5.41, 5.74) is 4.32. The molecule has 1 fully saturated rings. The molecule has 1 saturated heterocycles. The van der Waals surface area contributed by atoms with Crippen LogP contribution in [-0.4, -0.2) is 37.3 Å². The highest BCUT2D eigenvalue weighted by molar-refractivity contribution is 5.78. The molecule has 1 amide bonds. The highest BCUT2D eigenvalue weighted by Gasteiger charge is 2.23. The number of carbonyl (C=O) groups is 1. The van der Waals surface area contributed by atoms with Crippen molar-refractivity contribution in [1.29, 1.82) is 0 Å². The number of carbonyl (C=O) groups excluding carboxylic acids is 1. The third kappa shape index (κ3) is 6.83. The average molecular weight is 550 g/mol. The zero-order valence-electron chi connectivity index (χ0n) is 23.2. The van der Waals surface area contributed by atoms with Gasteiger partial charge in [-0.25, -0.2) is 0 Å². The molecule has 2 aliphatic heterocycles. The lowest BCUT2D eigenvalue weighted by molar-refractivity contribution is -0.134. The lowest BCUT2D eigenvalue weighted by atomic mass is 9.90. The zero-order chi connectivity index (χ0) is 27.9. The minimum absolute atomic E-state index is 0.0308. The Bertz CT molecular complexity index is 1460. The zero-order valence-corrected chi connectivity index (χ0v) is 23.2. The molecule has 0 saturated carbocycles. The van der Waals surface area contributed by atoms with E-state index in [9.17, 15) is 4.79 Å². The first-order chi connectivity index (χ1) is 20.2. The quantitative estimate of drug-likeness (QED) is 0.215. The second-order valence-electron chi connectivity index (χ2n) is 10.6. The number of hydrogen-bond donors (Lipinski definition) is 0. The number of likely N-dealkylation sites (tertiary alicyclic amines) is 1. The number of para-hydroxylation sites is 1. The number of benzene rings is 4. The van der Waals surface area contributed by atoms with E-state index in [1.54, 1.807) is 0 Å². The van der Waals surface area contributed by atoms with Crippen LogP contribution in [-0.2, 0) is 17.8 Å². The summed E-state index contributed by atoms with van der Waals surface area (Å²) in [4.78, 5) is 15.0. The van der Waals surface area contributed by atoms with E-state index in [4.69, 9.17) is 18.9 Å². The summed E-state index contributed by atoms with van der Waals surface area (Å²) in [6, 6.07) is 32.2. The van der Waals surface area contributed by atoms with E-state index in [1.807, 2.05) is 89.8 Å². The van der Waals surface area contributed by atoms with Crippen LogP contribution in [0.25, 0.3) is 11.1 Å². The van der Waals surface area contributed by atoms with E-state index < -0.39 is 0 Å². The van der Waals surface area contributed by atoms with Gasteiger partial charge < -0.3 is 23.8 Å². The second kappa shape index (κ2) is 12.8. The normalized spacial score (nSPS) is 14.6. The van der Waals surface area contributed by atoms with Gasteiger partial charge in [0.1, 0.15) is 18.1 Å². The van der Waals surface area contributed by atoms with E-state index in [1.165, 1.54) is 5.56 Å². The summed E-state index contributed by atoms with van der Waals surface area (Å²) in [6.07, 6.45) is 4.15. The number of aryl methyl sites for hydroxylation is 1. The van der Waals surface area contributed by atoms with Gasteiger partial charge in [0.25, 0.3) is 5.91 Å². The Morgan fingerprint density at radius 2 is 1.59 bits per heavy atom. The van der Waals surface area contributed by atoms with Gasteiger partial charge in [0.2, 0.25) is 6.79 Å². The first kappa shape index (κ1) is 26.8. The molecule has 4 aromatic rings. The molecule has 0 radical (unpaired) electrons. The van der Waals surface area contributed by atoms with Gasteiger partial charge in [-0.1, -0.05) is 66.7 Å². The second-order valence-corrected chi connectivity index (χ2v) is 10.6. The monoisotopic (exact) mass is 549 g/mol. The third-order valence-corrected chi connectivity index (χ3v) is 7.88. The number of amides is 1. The highest BCUT2D eigenvalue weighted by atomic mass is 16.7. The number of hydrogen-bond acceptors (Lipinski definition) is 5. The maximum Gasteiger partial charge on any atom is 0.260 e. The summed E-state index contributed by atoms with van der Waals surface area (Å²) in [6.45, 7) is 2.39.